The zero-order valence-corrected chi connectivity index (χ0v) is 5.41. The summed E-state index contributed by atoms with van der Waals surface area (Å²) in [5, 5.41) is 0. The average Bonchev–Trinajstić information content (AvgIpc) is 1.89. The van der Waals surface area contributed by atoms with Gasteiger partial charge in [-0.1, -0.05) is 0 Å². The molecule has 0 aromatic rings. The maximum Gasteiger partial charge on any atom is 0.164 e. The van der Waals surface area contributed by atoms with Gasteiger partial charge in [0.05, 0.1) is 0 Å². The van der Waals surface area contributed by atoms with Gasteiger partial charge in [0.2, 0.25) is 0 Å². The number of rotatable bonds is 3. The van der Waals surface area contributed by atoms with Crippen LogP contribution in [0.2, 0.25) is 0 Å². The molecule has 0 aromatic heterocycles. The molecule has 0 heterocycles. The second-order valence-corrected chi connectivity index (χ2v) is 1.60. The third kappa shape index (κ3) is 5.02. The summed E-state index contributed by atoms with van der Waals surface area (Å²) in [6, 6.07) is 0. The largest absolute Gasteiger partial charge is 0.297 e. The molecule has 0 aliphatic carbocycles. The molecule has 0 saturated heterocycles. The Balaban J connectivity index is 3.24. The van der Waals surface area contributed by atoms with E-state index in [0.717, 1.165) is 0 Å². The number of carbonyl (C=O) groups is 1. The molecule has 0 aliphatic heterocycles. The minimum atomic E-state index is -0.856. The van der Waals surface area contributed by atoms with Crippen molar-refractivity contribution in [3.63, 3.8) is 0 Å². The SMILES string of the molecule is CC#CCCC(=O)CF. The summed E-state index contributed by atoms with van der Waals surface area (Å²) in [6.45, 7) is 0.839. The molecule has 0 spiro atoms. The monoisotopic (exact) mass is 128 g/mol. The normalized spacial score (nSPS) is 7.78. The van der Waals surface area contributed by atoms with Crippen LogP contribution in [-0.2, 0) is 4.79 Å². The highest BCUT2D eigenvalue weighted by Crippen LogP contribution is 1.88. The van der Waals surface area contributed by atoms with E-state index in [4.69, 9.17) is 0 Å². The van der Waals surface area contributed by atoms with Crippen LogP contribution in [0.4, 0.5) is 4.39 Å². The zero-order valence-electron chi connectivity index (χ0n) is 5.41. The van der Waals surface area contributed by atoms with Gasteiger partial charge in [-0.2, -0.15) is 0 Å². The van der Waals surface area contributed by atoms with Crippen LogP contribution in [0, 0.1) is 11.8 Å². The van der Waals surface area contributed by atoms with E-state index in [0.29, 0.717) is 6.42 Å². The van der Waals surface area contributed by atoms with Crippen LogP contribution < -0.4 is 0 Å². The molecule has 0 aliphatic rings. The van der Waals surface area contributed by atoms with Gasteiger partial charge < -0.3 is 0 Å². The van der Waals surface area contributed by atoms with Crippen LogP contribution in [-0.4, -0.2) is 12.5 Å². The molecule has 0 aromatic carbocycles. The lowest BCUT2D eigenvalue weighted by Gasteiger charge is -1.85. The van der Waals surface area contributed by atoms with Gasteiger partial charge in [0.1, 0.15) is 6.67 Å². The summed E-state index contributed by atoms with van der Waals surface area (Å²) in [5.41, 5.74) is 0. The van der Waals surface area contributed by atoms with Gasteiger partial charge in [-0.3, -0.25) is 4.79 Å². The Kier molecular flexibility index (Phi) is 4.81. The standard InChI is InChI=1S/C7H9FO/c1-2-3-4-5-7(9)6-8/h4-6H2,1H3. The van der Waals surface area contributed by atoms with Crippen molar-refractivity contribution in [2.45, 2.75) is 19.8 Å². The first-order valence-corrected chi connectivity index (χ1v) is 2.78. The fourth-order valence-electron chi connectivity index (χ4n) is 0.394. The highest BCUT2D eigenvalue weighted by Gasteiger charge is 1.96. The Morgan fingerprint density at radius 1 is 1.67 bits per heavy atom. The number of halogens is 1. The minimum Gasteiger partial charge on any atom is -0.297 e. The fourth-order valence-corrected chi connectivity index (χ4v) is 0.394. The Hall–Kier alpha value is -0.840. The number of Topliss-reactive ketones (excluding diaryl/α,β-unsaturated/α-hetero) is 1. The summed E-state index contributed by atoms with van der Waals surface area (Å²) in [5.74, 6) is 4.94. The van der Waals surface area contributed by atoms with Gasteiger partial charge in [0, 0.05) is 12.8 Å². The van der Waals surface area contributed by atoms with Gasteiger partial charge in [-0.05, 0) is 6.92 Å². The van der Waals surface area contributed by atoms with Crippen LogP contribution in [0.15, 0.2) is 0 Å². The van der Waals surface area contributed by atoms with E-state index < -0.39 is 6.67 Å². The van der Waals surface area contributed by atoms with Crippen molar-refractivity contribution in [1.29, 1.82) is 0 Å². The summed E-state index contributed by atoms with van der Waals surface area (Å²) in [4.78, 5) is 10.2. The van der Waals surface area contributed by atoms with Crippen LogP contribution in [0.3, 0.4) is 0 Å². The molecule has 0 rings (SSSR count). The molecule has 50 valence electrons. The van der Waals surface area contributed by atoms with Crippen LogP contribution in [0.25, 0.3) is 0 Å². The molecule has 0 radical (unpaired) electrons. The van der Waals surface area contributed by atoms with Crippen molar-refractivity contribution in [3.8, 4) is 11.8 Å². The number of alkyl halides is 1. The average molecular weight is 128 g/mol. The van der Waals surface area contributed by atoms with Crippen molar-refractivity contribution >= 4 is 5.78 Å². The number of ketones is 1. The van der Waals surface area contributed by atoms with E-state index in [-0.39, 0.29) is 12.2 Å². The van der Waals surface area contributed by atoms with Crippen molar-refractivity contribution in [3.05, 3.63) is 0 Å². The Morgan fingerprint density at radius 2 is 2.33 bits per heavy atom. The van der Waals surface area contributed by atoms with E-state index in [1.807, 2.05) is 0 Å². The maximum atomic E-state index is 11.4. The quantitative estimate of drug-likeness (QED) is 0.524. The zero-order chi connectivity index (χ0) is 7.11. The van der Waals surface area contributed by atoms with Crippen molar-refractivity contribution in [2.24, 2.45) is 0 Å². The molecule has 0 saturated carbocycles. The predicted octanol–water partition coefficient (Wildman–Crippen LogP) is 1.33. The first-order valence-electron chi connectivity index (χ1n) is 2.78. The highest BCUT2D eigenvalue weighted by atomic mass is 19.1. The second-order valence-electron chi connectivity index (χ2n) is 1.60. The summed E-state index contributed by atoms with van der Waals surface area (Å²) in [6.07, 6.45) is 0.733. The van der Waals surface area contributed by atoms with Gasteiger partial charge in [0.15, 0.2) is 5.78 Å². The van der Waals surface area contributed by atoms with E-state index in [1.165, 1.54) is 0 Å². The number of carbonyl (C=O) groups excluding carboxylic acids is 1. The molecule has 0 bridgehead atoms. The van der Waals surface area contributed by atoms with E-state index >= 15 is 0 Å². The van der Waals surface area contributed by atoms with Crippen molar-refractivity contribution in [1.82, 2.24) is 0 Å². The predicted molar refractivity (Wildman–Crippen MR) is 33.7 cm³/mol. The lowest BCUT2D eigenvalue weighted by atomic mass is 10.2. The molecule has 9 heavy (non-hydrogen) atoms. The lowest BCUT2D eigenvalue weighted by molar-refractivity contribution is -0.119. The molecule has 2 heteroatoms. The smallest absolute Gasteiger partial charge is 0.164 e. The van der Waals surface area contributed by atoms with E-state index in [9.17, 15) is 9.18 Å². The molecule has 0 unspecified atom stereocenters. The first kappa shape index (κ1) is 8.16. The van der Waals surface area contributed by atoms with Gasteiger partial charge in [0.25, 0.3) is 0 Å². The fraction of sp³-hybridized carbons (Fsp3) is 0.571. The van der Waals surface area contributed by atoms with Gasteiger partial charge in [-0.15, -0.1) is 11.8 Å². The molecular formula is C7H9FO. The summed E-state index contributed by atoms with van der Waals surface area (Å²) in [7, 11) is 0. The molecule has 0 amide bonds. The van der Waals surface area contributed by atoms with E-state index in [1.54, 1.807) is 6.92 Å². The van der Waals surface area contributed by atoms with Gasteiger partial charge >= 0.3 is 0 Å². The van der Waals surface area contributed by atoms with Crippen LogP contribution in [0.1, 0.15) is 19.8 Å². The summed E-state index contributed by atoms with van der Waals surface area (Å²) >= 11 is 0. The van der Waals surface area contributed by atoms with E-state index in [2.05, 4.69) is 11.8 Å². The molecular weight excluding hydrogens is 119 g/mol. The van der Waals surface area contributed by atoms with Gasteiger partial charge in [-0.25, -0.2) is 4.39 Å². The maximum absolute atomic E-state index is 11.4. The number of hydrogen-bond acceptors (Lipinski definition) is 1. The van der Waals surface area contributed by atoms with Crippen LogP contribution in [0.5, 0.6) is 0 Å². The molecule has 0 atom stereocenters. The Morgan fingerprint density at radius 3 is 2.78 bits per heavy atom. The Labute approximate surface area is 54.3 Å². The summed E-state index contributed by atoms with van der Waals surface area (Å²) < 4.78 is 11.4. The molecule has 0 fully saturated rings. The van der Waals surface area contributed by atoms with Crippen molar-refractivity contribution < 1.29 is 9.18 Å². The molecule has 1 nitrogen and oxygen atoms in total. The topological polar surface area (TPSA) is 17.1 Å². The Bertz CT molecular complexity index is 141. The highest BCUT2D eigenvalue weighted by molar-refractivity contribution is 5.79. The first-order chi connectivity index (χ1) is 4.31. The lowest BCUT2D eigenvalue weighted by Crippen LogP contribution is -1.97. The number of hydrogen-bond donors (Lipinski definition) is 0. The third-order valence-electron chi connectivity index (χ3n) is 0.855. The van der Waals surface area contributed by atoms with Crippen LogP contribution >= 0.6 is 0 Å². The van der Waals surface area contributed by atoms with Crippen molar-refractivity contribution in [2.75, 3.05) is 6.67 Å². The minimum absolute atomic E-state index is 0.247. The second kappa shape index (κ2) is 5.30. The third-order valence-corrected chi connectivity index (χ3v) is 0.855. The molecule has 0 N–H and O–H groups in total.